The molecule has 1 heterocycles. The molecule has 0 radical (unpaired) electrons. The van der Waals surface area contributed by atoms with E-state index in [1.165, 1.54) is 6.07 Å². The molecule has 1 aromatic carbocycles. The van der Waals surface area contributed by atoms with Gasteiger partial charge in [-0.15, -0.1) is 0 Å². The summed E-state index contributed by atoms with van der Waals surface area (Å²) < 4.78 is 18.3. The minimum atomic E-state index is -0.720. The molecule has 0 aliphatic carbocycles. The van der Waals surface area contributed by atoms with Gasteiger partial charge in [-0.25, -0.2) is 4.39 Å². The molecule has 8 heteroatoms. The Balaban J connectivity index is 2.18. The van der Waals surface area contributed by atoms with Gasteiger partial charge in [-0.2, -0.15) is 4.98 Å². The average molecular weight is 318 g/mol. The van der Waals surface area contributed by atoms with Crippen molar-refractivity contribution in [2.24, 2.45) is 0 Å². The van der Waals surface area contributed by atoms with Crippen LogP contribution in [0.2, 0.25) is 10.0 Å². The van der Waals surface area contributed by atoms with Crippen molar-refractivity contribution in [3.8, 4) is 0 Å². The van der Waals surface area contributed by atoms with Crippen LogP contribution in [0, 0.1) is 12.7 Å². The molecule has 0 unspecified atom stereocenters. The van der Waals surface area contributed by atoms with Crippen LogP contribution in [0.25, 0.3) is 0 Å². The summed E-state index contributed by atoms with van der Waals surface area (Å²) in [6, 6.07) is 1.62. The first-order valence-electron chi connectivity index (χ1n) is 5.64. The molecule has 0 saturated heterocycles. The van der Waals surface area contributed by atoms with Gasteiger partial charge in [0, 0.05) is 0 Å². The fourth-order valence-corrected chi connectivity index (χ4v) is 1.99. The molecule has 1 aromatic heterocycles. The third kappa shape index (κ3) is 3.08. The molecule has 0 aliphatic rings. The van der Waals surface area contributed by atoms with E-state index < -0.39 is 17.8 Å². The van der Waals surface area contributed by atoms with Gasteiger partial charge in [0.2, 0.25) is 5.89 Å². The van der Waals surface area contributed by atoms with Gasteiger partial charge < -0.3 is 9.84 Å². The third-order valence-electron chi connectivity index (χ3n) is 2.52. The molecule has 106 valence electrons. The Morgan fingerprint density at radius 1 is 1.40 bits per heavy atom. The van der Waals surface area contributed by atoms with E-state index in [0.29, 0.717) is 5.82 Å². The molecule has 1 N–H and O–H groups in total. The van der Waals surface area contributed by atoms with Gasteiger partial charge in [0.15, 0.2) is 5.82 Å². The highest BCUT2D eigenvalue weighted by molar-refractivity contribution is 6.36. The summed E-state index contributed by atoms with van der Waals surface area (Å²) in [4.78, 5) is 16.0. The number of nitrogens with one attached hydrogen (secondary N) is 1. The summed E-state index contributed by atoms with van der Waals surface area (Å²) in [5, 5.41) is 6.12. The first-order chi connectivity index (χ1) is 9.38. The van der Waals surface area contributed by atoms with Crippen LogP contribution in [0.3, 0.4) is 0 Å². The highest BCUT2D eigenvalue weighted by Crippen LogP contribution is 2.24. The van der Waals surface area contributed by atoms with Crippen LogP contribution in [0.1, 0.15) is 35.0 Å². The van der Waals surface area contributed by atoms with E-state index in [-0.39, 0.29) is 21.5 Å². The van der Waals surface area contributed by atoms with E-state index >= 15 is 0 Å². The minimum absolute atomic E-state index is 0.0170. The number of hydrogen-bond donors (Lipinski definition) is 1. The summed E-state index contributed by atoms with van der Waals surface area (Å²) in [6.45, 7) is 3.32. The number of aromatic nitrogens is 2. The molecule has 0 bridgehead atoms. The van der Waals surface area contributed by atoms with Crippen LogP contribution < -0.4 is 5.32 Å². The molecule has 2 aromatic rings. The molecular formula is C12H10Cl2FN3O2. The molecule has 1 amide bonds. The number of hydrogen-bond acceptors (Lipinski definition) is 4. The number of nitrogens with zero attached hydrogens (tertiary/aromatic N) is 2. The van der Waals surface area contributed by atoms with Crippen LogP contribution in [0.4, 0.5) is 4.39 Å². The van der Waals surface area contributed by atoms with Crippen molar-refractivity contribution in [3.63, 3.8) is 0 Å². The maximum Gasteiger partial charge on any atom is 0.253 e. The van der Waals surface area contributed by atoms with E-state index in [4.69, 9.17) is 27.7 Å². The normalized spacial score (nSPS) is 12.2. The molecule has 20 heavy (non-hydrogen) atoms. The standard InChI is InChI=1S/C12H10Cl2FN3O2/c1-5(12-17-6(2)18-20-12)16-11(19)7-3-10(15)9(14)4-8(7)13/h3-5H,1-2H3,(H,16,19)/t5-/m0/s1. The first kappa shape index (κ1) is 14.7. The fourth-order valence-electron chi connectivity index (χ4n) is 1.52. The van der Waals surface area contributed by atoms with E-state index in [0.717, 1.165) is 6.07 Å². The Morgan fingerprint density at radius 3 is 2.70 bits per heavy atom. The maximum absolute atomic E-state index is 13.4. The second-order valence-corrected chi connectivity index (χ2v) is 4.94. The van der Waals surface area contributed by atoms with Gasteiger partial charge in [-0.3, -0.25) is 4.79 Å². The van der Waals surface area contributed by atoms with Crippen LogP contribution >= 0.6 is 23.2 Å². The molecule has 0 aliphatic heterocycles. The highest BCUT2D eigenvalue weighted by atomic mass is 35.5. The summed E-state index contributed by atoms with van der Waals surface area (Å²) in [5.74, 6) is -0.575. The van der Waals surface area contributed by atoms with Gasteiger partial charge in [-0.1, -0.05) is 28.4 Å². The van der Waals surface area contributed by atoms with Crippen molar-refractivity contribution in [1.82, 2.24) is 15.5 Å². The maximum atomic E-state index is 13.4. The number of halogens is 3. The van der Waals surface area contributed by atoms with Gasteiger partial charge in [0.05, 0.1) is 15.6 Å². The summed E-state index contributed by atoms with van der Waals surface area (Å²) in [7, 11) is 0. The minimum Gasteiger partial charge on any atom is -0.340 e. The zero-order chi connectivity index (χ0) is 14.9. The van der Waals surface area contributed by atoms with Crippen molar-refractivity contribution in [2.45, 2.75) is 19.9 Å². The van der Waals surface area contributed by atoms with Crippen LogP contribution in [-0.4, -0.2) is 16.0 Å². The predicted molar refractivity (Wildman–Crippen MR) is 71.3 cm³/mol. The van der Waals surface area contributed by atoms with Crippen LogP contribution in [0.15, 0.2) is 16.7 Å². The average Bonchev–Trinajstić information content (AvgIpc) is 2.80. The monoisotopic (exact) mass is 317 g/mol. The van der Waals surface area contributed by atoms with Gasteiger partial charge in [-0.05, 0) is 26.0 Å². The fraction of sp³-hybridized carbons (Fsp3) is 0.250. The molecule has 0 fully saturated rings. The molecule has 1 atom stereocenters. The zero-order valence-electron chi connectivity index (χ0n) is 10.6. The van der Waals surface area contributed by atoms with Crippen LogP contribution in [-0.2, 0) is 0 Å². The van der Waals surface area contributed by atoms with Crippen molar-refractivity contribution in [3.05, 3.63) is 45.3 Å². The highest BCUT2D eigenvalue weighted by Gasteiger charge is 2.19. The lowest BCUT2D eigenvalue weighted by Gasteiger charge is -2.11. The Bertz CT molecular complexity index is 660. The predicted octanol–water partition coefficient (Wildman–Crippen LogP) is 3.31. The summed E-state index contributed by atoms with van der Waals surface area (Å²) >= 11 is 11.4. The van der Waals surface area contributed by atoms with E-state index in [1.807, 2.05) is 0 Å². The number of benzene rings is 1. The second-order valence-electron chi connectivity index (χ2n) is 4.12. The van der Waals surface area contributed by atoms with Gasteiger partial charge >= 0.3 is 0 Å². The number of carbonyl (C=O) groups is 1. The van der Waals surface area contributed by atoms with E-state index in [1.54, 1.807) is 13.8 Å². The Hall–Kier alpha value is -1.66. The zero-order valence-corrected chi connectivity index (χ0v) is 12.1. The summed E-state index contributed by atoms with van der Waals surface area (Å²) in [5.41, 5.74) is -0.0170. The van der Waals surface area contributed by atoms with Crippen molar-refractivity contribution < 1.29 is 13.7 Å². The smallest absolute Gasteiger partial charge is 0.253 e. The largest absolute Gasteiger partial charge is 0.340 e. The summed E-state index contributed by atoms with van der Waals surface area (Å²) in [6.07, 6.45) is 0. The van der Waals surface area contributed by atoms with Crippen molar-refractivity contribution in [1.29, 1.82) is 0 Å². The Kier molecular flexibility index (Phi) is 4.25. The lowest BCUT2D eigenvalue weighted by atomic mass is 10.2. The number of aryl methyl sites for hydroxylation is 1. The second kappa shape index (κ2) is 5.76. The third-order valence-corrected chi connectivity index (χ3v) is 3.12. The Morgan fingerprint density at radius 2 is 2.10 bits per heavy atom. The lowest BCUT2D eigenvalue weighted by molar-refractivity contribution is 0.0932. The van der Waals surface area contributed by atoms with E-state index in [2.05, 4.69) is 15.5 Å². The molecule has 0 saturated carbocycles. The Labute approximate surface area is 124 Å². The molecule has 2 rings (SSSR count). The first-order valence-corrected chi connectivity index (χ1v) is 6.39. The van der Waals surface area contributed by atoms with Crippen molar-refractivity contribution in [2.75, 3.05) is 0 Å². The lowest BCUT2D eigenvalue weighted by Crippen LogP contribution is -2.27. The number of amides is 1. The molecule has 5 nitrogen and oxygen atoms in total. The van der Waals surface area contributed by atoms with Crippen molar-refractivity contribution >= 4 is 29.1 Å². The van der Waals surface area contributed by atoms with Gasteiger partial charge in [0.1, 0.15) is 11.9 Å². The molecule has 0 spiro atoms. The number of rotatable bonds is 3. The molecular weight excluding hydrogens is 308 g/mol. The quantitative estimate of drug-likeness (QED) is 0.882. The topological polar surface area (TPSA) is 68.0 Å². The van der Waals surface area contributed by atoms with Gasteiger partial charge in [0.25, 0.3) is 5.91 Å². The van der Waals surface area contributed by atoms with E-state index in [9.17, 15) is 9.18 Å². The van der Waals surface area contributed by atoms with Crippen LogP contribution in [0.5, 0.6) is 0 Å². The number of carbonyl (C=O) groups excluding carboxylic acids is 1. The SMILES string of the molecule is Cc1noc([C@H](C)NC(=O)c2cc(F)c(Cl)cc2Cl)n1.